The van der Waals surface area contributed by atoms with Crippen LogP contribution in [-0.2, 0) is 19.6 Å². The fourth-order valence-electron chi connectivity index (χ4n) is 3.67. The summed E-state index contributed by atoms with van der Waals surface area (Å²) < 4.78 is 48.6. The van der Waals surface area contributed by atoms with E-state index in [4.69, 9.17) is 4.74 Å². The lowest BCUT2D eigenvalue weighted by molar-refractivity contribution is -0.138. The van der Waals surface area contributed by atoms with Crippen LogP contribution in [0.15, 0.2) is 65.1 Å². The maximum Gasteiger partial charge on any atom is 0.335 e. The highest BCUT2D eigenvalue weighted by Gasteiger charge is 2.48. The zero-order valence-corrected chi connectivity index (χ0v) is 18.3. The second-order valence-electron chi connectivity index (χ2n) is 7.65. The molecule has 0 bridgehead atoms. The van der Waals surface area contributed by atoms with Crippen LogP contribution in [0, 0.1) is 18.7 Å². The van der Waals surface area contributed by atoms with Gasteiger partial charge in [0.25, 0.3) is 0 Å². The molecule has 0 aliphatic carbocycles. The molecule has 3 rings (SSSR count). The van der Waals surface area contributed by atoms with E-state index in [1.165, 1.54) is 34.6 Å². The monoisotopic (exact) mass is 431 g/mol. The summed E-state index contributed by atoms with van der Waals surface area (Å²) in [5, 5.41) is 0. The van der Waals surface area contributed by atoms with E-state index in [0.29, 0.717) is 0 Å². The molecular weight excluding hydrogens is 405 g/mol. The molecule has 2 aromatic rings. The second kappa shape index (κ2) is 8.70. The standard InChI is InChI=1S/C23H26FNO4S/c1-5-29-23(26)19-14-21(15(2)3)25(22(19)18-8-6-7-9-20(18)24)30(27,28)17-12-10-16(4)11-13-17/h6-15,21-22H,5H2,1-4H3/t21-,22+/m0/s1. The summed E-state index contributed by atoms with van der Waals surface area (Å²) in [4.78, 5) is 12.8. The molecule has 0 unspecified atom stereocenters. The predicted molar refractivity (Wildman–Crippen MR) is 113 cm³/mol. The predicted octanol–water partition coefficient (Wildman–Crippen LogP) is 4.39. The van der Waals surface area contributed by atoms with Crippen molar-refractivity contribution in [2.75, 3.05) is 6.61 Å². The van der Waals surface area contributed by atoms with Gasteiger partial charge >= 0.3 is 5.97 Å². The van der Waals surface area contributed by atoms with Gasteiger partial charge in [0.1, 0.15) is 5.82 Å². The Hall–Kier alpha value is -2.51. The van der Waals surface area contributed by atoms with Gasteiger partial charge in [0.05, 0.1) is 23.1 Å². The highest BCUT2D eigenvalue weighted by atomic mass is 32.2. The largest absolute Gasteiger partial charge is 0.463 e. The number of benzene rings is 2. The van der Waals surface area contributed by atoms with Gasteiger partial charge in [0, 0.05) is 11.6 Å². The van der Waals surface area contributed by atoms with Crippen LogP contribution in [0.4, 0.5) is 4.39 Å². The van der Waals surface area contributed by atoms with E-state index in [2.05, 4.69) is 0 Å². The van der Waals surface area contributed by atoms with Crippen molar-refractivity contribution in [3.63, 3.8) is 0 Å². The summed E-state index contributed by atoms with van der Waals surface area (Å²) in [6.07, 6.45) is 1.60. The molecule has 7 heteroatoms. The summed E-state index contributed by atoms with van der Waals surface area (Å²) in [6.45, 7) is 7.41. The molecule has 0 aromatic heterocycles. The number of rotatable bonds is 6. The zero-order valence-electron chi connectivity index (χ0n) is 17.5. The van der Waals surface area contributed by atoms with Gasteiger partial charge in [0.15, 0.2) is 0 Å². The molecule has 1 aliphatic heterocycles. The molecule has 30 heavy (non-hydrogen) atoms. The highest BCUT2D eigenvalue weighted by molar-refractivity contribution is 7.89. The summed E-state index contributed by atoms with van der Waals surface area (Å²) in [7, 11) is -4.04. The number of hydrogen-bond acceptors (Lipinski definition) is 4. The molecular formula is C23H26FNO4S. The van der Waals surface area contributed by atoms with Crippen LogP contribution >= 0.6 is 0 Å². The Kier molecular flexibility index (Phi) is 6.43. The van der Waals surface area contributed by atoms with E-state index < -0.39 is 33.9 Å². The van der Waals surface area contributed by atoms with Crippen molar-refractivity contribution in [3.8, 4) is 0 Å². The first kappa shape index (κ1) is 22.2. The maximum atomic E-state index is 14.8. The first-order valence-corrected chi connectivity index (χ1v) is 11.4. The molecule has 1 aliphatic rings. The Balaban J connectivity index is 2.22. The van der Waals surface area contributed by atoms with E-state index in [9.17, 15) is 17.6 Å². The van der Waals surface area contributed by atoms with Crippen LogP contribution in [0.5, 0.6) is 0 Å². The van der Waals surface area contributed by atoms with Crippen LogP contribution in [0.3, 0.4) is 0 Å². The SMILES string of the molecule is CCOC(=O)C1=C[C@@H](C(C)C)N(S(=O)(=O)c2ccc(C)cc2)[C@@H]1c1ccccc1F. The Labute approximate surface area is 177 Å². The number of nitrogens with zero attached hydrogens (tertiary/aromatic N) is 1. The van der Waals surface area contributed by atoms with Crippen molar-refractivity contribution in [2.24, 2.45) is 5.92 Å². The van der Waals surface area contributed by atoms with Crippen molar-refractivity contribution in [2.45, 2.75) is 44.7 Å². The molecule has 0 fully saturated rings. The van der Waals surface area contributed by atoms with E-state index in [1.807, 2.05) is 20.8 Å². The minimum Gasteiger partial charge on any atom is -0.463 e. The number of sulfonamides is 1. The Morgan fingerprint density at radius 1 is 1.13 bits per heavy atom. The summed E-state index contributed by atoms with van der Waals surface area (Å²) in [5.41, 5.74) is 1.18. The highest BCUT2D eigenvalue weighted by Crippen LogP contribution is 2.44. The molecule has 2 atom stereocenters. The average molecular weight is 432 g/mol. The van der Waals surface area contributed by atoms with Crippen LogP contribution in [0.1, 0.15) is 37.9 Å². The lowest BCUT2D eigenvalue weighted by Crippen LogP contribution is -2.41. The number of esters is 1. The Morgan fingerprint density at radius 2 is 1.77 bits per heavy atom. The number of carbonyl (C=O) groups excluding carboxylic acids is 1. The van der Waals surface area contributed by atoms with Gasteiger partial charge in [-0.15, -0.1) is 0 Å². The topological polar surface area (TPSA) is 63.7 Å². The second-order valence-corrected chi connectivity index (χ2v) is 9.49. The van der Waals surface area contributed by atoms with E-state index in [1.54, 1.807) is 31.2 Å². The van der Waals surface area contributed by atoms with Crippen LogP contribution < -0.4 is 0 Å². The minimum atomic E-state index is -4.04. The van der Waals surface area contributed by atoms with Crippen molar-refractivity contribution in [3.05, 3.63) is 77.1 Å². The quantitative estimate of drug-likeness (QED) is 0.636. The van der Waals surface area contributed by atoms with E-state index >= 15 is 0 Å². The fraction of sp³-hybridized carbons (Fsp3) is 0.348. The molecule has 2 aromatic carbocycles. The number of hydrogen-bond donors (Lipinski definition) is 0. The maximum absolute atomic E-state index is 14.8. The minimum absolute atomic E-state index is 0.0959. The molecule has 160 valence electrons. The van der Waals surface area contributed by atoms with Gasteiger partial charge < -0.3 is 4.74 Å². The average Bonchev–Trinajstić information content (AvgIpc) is 3.10. The summed E-state index contributed by atoms with van der Waals surface area (Å²) in [5.74, 6) is -1.37. The Morgan fingerprint density at radius 3 is 2.33 bits per heavy atom. The molecule has 5 nitrogen and oxygen atoms in total. The normalized spacial score (nSPS) is 19.7. The van der Waals surface area contributed by atoms with Gasteiger partial charge in [-0.1, -0.05) is 55.8 Å². The smallest absolute Gasteiger partial charge is 0.335 e. The third kappa shape index (κ3) is 4.04. The lowest BCUT2D eigenvalue weighted by Gasteiger charge is -2.32. The Bertz CT molecular complexity index is 1060. The van der Waals surface area contributed by atoms with Crippen molar-refractivity contribution >= 4 is 16.0 Å². The summed E-state index contributed by atoms with van der Waals surface area (Å²) in [6, 6.07) is 10.7. The molecule has 1 heterocycles. The van der Waals surface area contributed by atoms with Gasteiger partial charge in [-0.3, -0.25) is 0 Å². The number of halogens is 1. The van der Waals surface area contributed by atoms with Crippen LogP contribution in [-0.4, -0.2) is 31.3 Å². The molecule has 0 saturated heterocycles. The molecule has 0 amide bonds. The third-order valence-electron chi connectivity index (χ3n) is 5.18. The molecule has 0 radical (unpaired) electrons. The molecule has 0 spiro atoms. The van der Waals surface area contributed by atoms with Crippen LogP contribution in [0.2, 0.25) is 0 Å². The number of carbonyl (C=O) groups is 1. The molecule has 0 saturated carbocycles. The van der Waals surface area contributed by atoms with Crippen molar-refractivity contribution in [1.82, 2.24) is 4.31 Å². The van der Waals surface area contributed by atoms with Gasteiger partial charge in [-0.25, -0.2) is 17.6 Å². The van der Waals surface area contributed by atoms with Crippen molar-refractivity contribution in [1.29, 1.82) is 0 Å². The number of aryl methyl sites for hydroxylation is 1. The zero-order chi connectivity index (χ0) is 22.1. The summed E-state index contributed by atoms with van der Waals surface area (Å²) >= 11 is 0. The lowest BCUT2D eigenvalue weighted by atomic mass is 10.00. The fourth-order valence-corrected chi connectivity index (χ4v) is 5.52. The van der Waals surface area contributed by atoms with Crippen molar-refractivity contribution < 1.29 is 22.3 Å². The first-order chi connectivity index (χ1) is 14.2. The number of ether oxygens (including phenoxy) is 1. The van der Waals surface area contributed by atoms with Crippen LogP contribution in [0.25, 0.3) is 0 Å². The van der Waals surface area contributed by atoms with Gasteiger partial charge in [0.2, 0.25) is 10.0 Å². The third-order valence-corrected chi connectivity index (χ3v) is 7.06. The first-order valence-electron chi connectivity index (χ1n) is 9.92. The van der Waals surface area contributed by atoms with E-state index in [0.717, 1.165) is 5.56 Å². The van der Waals surface area contributed by atoms with Gasteiger partial charge in [-0.2, -0.15) is 4.31 Å². The van der Waals surface area contributed by atoms with Gasteiger partial charge in [-0.05, 0) is 38.0 Å². The van der Waals surface area contributed by atoms with E-state index in [-0.39, 0.29) is 28.6 Å². The molecule has 0 N–H and O–H groups in total.